The Labute approximate surface area is 195 Å². The number of thiophene rings is 1. The molecule has 0 unspecified atom stereocenters. The Balaban J connectivity index is 1.71. The number of amides is 1. The quantitative estimate of drug-likeness (QED) is 0.424. The van der Waals surface area contributed by atoms with Gasteiger partial charge in [-0.2, -0.15) is 0 Å². The molecule has 0 saturated heterocycles. The summed E-state index contributed by atoms with van der Waals surface area (Å²) in [6.07, 6.45) is 2.54. The van der Waals surface area contributed by atoms with E-state index in [1.54, 1.807) is 18.2 Å². The summed E-state index contributed by atoms with van der Waals surface area (Å²) < 4.78 is 15.5. The molecular formula is C25H27NO6S. The van der Waals surface area contributed by atoms with Gasteiger partial charge < -0.3 is 19.2 Å². The van der Waals surface area contributed by atoms with Gasteiger partial charge in [0.25, 0.3) is 5.91 Å². The summed E-state index contributed by atoms with van der Waals surface area (Å²) in [5, 5.41) is 3.73. The predicted octanol–water partition coefficient (Wildman–Crippen LogP) is 5.05. The highest BCUT2D eigenvalue weighted by molar-refractivity contribution is 7.17. The molecule has 174 valence electrons. The Kier molecular flexibility index (Phi) is 6.05. The zero-order chi connectivity index (χ0) is 23.9. The molecule has 2 heterocycles. The first kappa shape index (κ1) is 23.0. The van der Waals surface area contributed by atoms with Crippen LogP contribution in [0.4, 0.5) is 5.00 Å². The molecular weight excluding hydrogens is 442 g/mol. The van der Waals surface area contributed by atoms with Crippen molar-refractivity contribution < 1.29 is 23.5 Å². The summed E-state index contributed by atoms with van der Waals surface area (Å²) in [6.45, 7) is 6.65. The highest BCUT2D eigenvalue weighted by Crippen LogP contribution is 2.44. The van der Waals surface area contributed by atoms with Crippen LogP contribution in [0.25, 0.3) is 11.0 Å². The number of nitrogens with one attached hydrogen (secondary N) is 1. The second-order valence-electron chi connectivity index (χ2n) is 9.31. The highest BCUT2D eigenvalue weighted by atomic mass is 32.1. The van der Waals surface area contributed by atoms with E-state index in [-0.39, 0.29) is 11.0 Å². The smallest absolute Gasteiger partial charge is 0.349 e. The SMILES string of the molecule is COC(=O)c1c(NC(=O)c2cc3cc(OC)ccc3oc2=O)sc2c1CC[C@H](C(C)(C)C)C2. The summed E-state index contributed by atoms with van der Waals surface area (Å²) in [5.74, 6) is -0.0767. The molecule has 1 amide bonds. The molecule has 0 saturated carbocycles. The molecule has 1 atom stereocenters. The van der Waals surface area contributed by atoms with Crippen LogP contribution >= 0.6 is 11.3 Å². The van der Waals surface area contributed by atoms with Gasteiger partial charge in [0.15, 0.2) is 0 Å². The molecule has 0 aliphatic heterocycles. The number of methoxy groups -OCH3 is 2. The maximum atomic E-state index is 13.1. The minimum atomic E-state index is -0.751. The number of hydrogen-bond acceptors (Lipinski definition) is 7. The number of anilines is 1. The zero-order valence-corrected chi connectivity index (χ0v) is 20.2. The van der Waals surface area contributed by atoms with E-state index in [2.05, 4.69) is 26.1 Å². The van der Waals surface area contributed by atoms with Crippen LogP contribution in [0.15, 0.2) is 33.5 Å². The summed E-state index contributed by atoms with van der Waals surface area (Å²) in [6, 6.07) is 6.45. The molecule has 1 aliphatic rings. The Hall–Kier alpha value is -3.13. The third-order valence-electron chi connectivity index (χ3n) is 6.29. The monoisotopic (exact) mass is 469 g/mol. The van der Waals surface area contributed by atoms with E-state index in [9.17, 15) is 14.4 Å². The van der Waals surface area contributed by atoms with Crippen LogP contribution in [-0.2, 0) is 17.6 Å². The van der Waals surface area contributed by atoms with Gasteiger partial charge in [-0.25, -0.2) is 9.59 Å². The van der Waals surface area contributed by atoms with Gasteiger partial charge in [-0.05, 0) is 60.4 Å². The normalized spacial score (nSPS) is 15.7. The second kappa shape index (κ2) is 8.67. The Morgan fingerprint density at radius 2 is 1.94 bits per heavy atom. The van der Waals surface area contributed by atoms with Crippen LogP contribution in [0.5, 0.6) is 5.75 Å². The number of fused-ring (bicyclic) bond motifs is 2. The number of hydrogen-bond donors (Lipinski definition) is 1. The summed E-state index contributed by atoms with van der Waals surface area (Å²) in [4.78, 5) is 39.3. The van der Waals surface area contributed by atoms with Gasteiger partial charge in [0.2, 0.25) is 0 Å². The van der Waals surface area contributed by atoms with Crippen LogP contribution in [0, 0.1) is 11.3 Å². The topological polar surface area (TPSA) is 94.8 Å². The van der Waals surface area contributed by atoms with E-state index in [0.717, 1.165) is 29.7 Å². The number of rotatable bonds is 4. The molecule has 0 bridgehead atoms. The number of benzene rings is 1. The average Bonchev–Trinajstić information content (AvgIpc) is 3.14. The first-order valence-electron chi connectivity index (χ1n) is 10.8. The van der Waals surface area contributed by atoms with E-state index in [4.69, 9.17) is 13.9 Å². The zero-order valence-electron chi connectivity index (χ0n) is 19.4. The van der Waals surface area contributed by atoms with Crippen LogP contribution < -0.4 is 15.7 Å². The predicted molar refractivity (Wildman–Crippen MR) is 128 cm³/mol. The molecule has 4 rings (SSSR count). The molecule has 8 heteroatoms. The largest absolute Gasteiger partial charge is 0.497 e. The van der Waals surface area contributed by atoms with Gasteiger partial charge in [-0.3, -0.25) is 4.79 Å². The molecule has 1 N–H and O–H groups in total. The summed E-state index contributed by atoms with van der Waals surface area (Å²) in [7, 11) is 2.86. The van der Waals surface area contributed by atoms with Gasteiger partial charge in [-0.1, -0.05) is 20.8 Å². The maximum Gasteiger partial charge on any atom is 0.349 e. The highest BCUT2D eigenvalue weighted by Gasteiger charge is 2.34. The van der Waals surface area contributed by atoms with E-state index in [0.29, 0.717) is 33.2 Å². The minimum absolute atomic E-state index is 0.141. The van der Waals surface area contributed by atoms with Crippen molar-refractivity contribution >= 4 is 39.2 Å². The van der Waals surface area contributed by atoms with E-state index in [1.165, 1.54) is 31.6 Å². The van der Waals surface area contributed by atoms with Crippen LogP contribution in [0.1, 0.15) is 58.3 Å². The summed E-state index contributed by atoms with van der Waals surface area (Å²) >= 11 is 1.38. The molecule has 33 heavy (non-hydrogen) atoms. The van der Waals surface area contributed by atoms with Crippen LogP contribution in [0.3, 0.4) is 0 Å². The molecule has 1 aromatic carbocycles. The van der Waals surface area contributed by atoms with Crippen molar-refractivity contribution in [2.45, 2.75) is 40.0 Å². The molecule has 0 radical (unpaired) electrons. The molecule has 2 aromatic heterocycles. The van der Waals surface area contributed by atoms with Gasteiger partial charge in [0, 0.05) is 10.3 Å². The fourth-order valence-electron chi connectivity index (χ4n) is 4.29. The van der Waals surface area contributed by atoms with Gasteiger partial charge in [-0.15, -0.1) is 11.3 Å². The number of ether oxygens (including phenoxy) is 2. The lowest BCUT2D eigenvalue weighted by atomic mass is 9.72. The molecule has 1 aliphatic carbocycles. The molecule has 0 spiro atoms. The summed E-state index contributed by atoms with van der Waals surface area (Å²) in [5.41, 5.74) is 0.904. The molecule has 3 aromatic rings. The minimum Gasteiger partial charge on any atom is -0.497 e. The van der Waals surface area contributed by atoms with E-state index < -0.39 is 17.5 Å². The fraction of sp³-hybridized carbons (Fsp3) is 0.400. The van der Waals surface area contributed by atoms with E-state index in [1.807, 2.05) is 0 Å². The third-order valence-corrected chi connectivity index (χ3v) is 7.46. The van der Waals surface area contributed by atoms with Crippen molar-refractivity contribution in [3.05, 3.63) is 56.3 Å². The van der Waals surface area contributed by atoms with Crippen molar-refractivity contribution in [1.82, 2.24) is 0 Å². The van der Waals surface area contributed by atoms with Crippen molar-refractivity contribution in [3.8, 4) is 5.75 Å². The Morgan fingerprint density at radius 3 is 2.61 bits per heavy atom. The number of esters is 1. The van der Waals surface area contributed by atoms with Gasteiger partial charge in [0.1, 0.15) is 21.9 Å². The second-order valence-corrected chi connectivity index (χ2v) is 10.4. The Bertz CT molecular complexity index is 1300. The lowest BCUT2D eigenvalue weighted by molar-refractivity contribution is 0.0600. The van der Waals surface area contributed by atoms with E-state index >= 15 is 0 Å². The Morgan fingerprint density at radius 1 is 1.18 bits per heavy atom. The average molecular weight is 470 g/mol. The molecule has 7 nitrogen and oxygen atoms in total. The van der Waals surface area contributed by atoms with Crippen molar-refractivity contribution in [1.29, 1.82) is 0 Å². The fourth-order valence-corrected chi connectivity index (χ4v) is 5.60. The number of carbonyl (C=O) groups is 2. The van der Waals surface area contributed by atoms with Crippen molar-refractivity contribution in [3.63, 3.8) is 0 Å². The van der Waals surface area contributed by atoms with Gasteiger partial charge >= 0.3 is 11.6 Å². The standard InChI is InChI=1S/C25H27NO6S/c1-25(2,3)14-6-8-16-19(12-14)33-22(20(16)24(29)31-5)26-21(27)17-11-13-10-15(30-4)7-9-18(13)32-23(17)28/h7,9-11,14H,6,8,12H2,1-5H3,(H,26,27)/t14-/m0/s1. The van der Waals surface area contributed by atoms with Crippen LogP contribution in [-0.4, -0.2) is 26.1 Å². The lowest BCUT2D eigenvalue weighted by Crippen LogP contribution is -2.26. The lowest BCUT2D eigenvalue weighted by Gasteiger charge is -2.33. The molecule has 0 fully saturated rings. The first-order chi connectivity index (χ1) is 15.6. The van der Waals surface area contributed by atoms with Gasteiger partial charge in [0.05, 0.1) is 19.8 Å². The number of carbonyl (C=O) groups excluding carboxylic acids is 2. The third kappa shape index (κ3) is 4.39. The maximum absolute atomic E-state index is 13.1. The van der Waals surface area contributed by atoms with Crippen molar-refractivity contribution in [2.24, 2.45) is 11.3 Å². The van der Waals surface area contributed by atoms with Crippen molar-refractivity contribution in [2.75, 3.05) is 19.5 Å². The van der Waals surface area contributed by atoms with Crippen LogP contribution in [0.2, 0.25) is 0 Å². The first-order valence-corrected chi connectivity index (χ1v) is 11.6.